The van der Waals surface area contributed by atoms with Gasteiger partial charge in [-0.05, 0) is 18.2 Å². The summed E-state index contributed by atoms with van der Waals surface area (Å²) in [4.78, 5) is 45.4. The molecule has 0 radical (unpaired) electrons. The standard InChI is InChI=1S/C12H10N2O5/c15-6-14(4-3-10(16)17)7-1-2-8-9(5-7)12(19)13-11(8)18/h1-2,5-6H,3-4H2,(H,16,17)(H,13,18,19). The Morgan fingerprint density at radius 3 is 2.58 bits per heavy atom. The molecule has 19 heavy (non-hydrogen) atoms. The van der Waals surface area contributed by atoms with Gasteiger partial charge in [-0.15, -0.1) is 0 Å². The number of imide groups is 1. The van der Waals surface area contributed by atoms with Crippen LogP contribution >= 0.6 is 0 Å². The van der Waals surface area contributed by atoms with Crippen molar-refractivity contribution in [2.75, 3.05) is 11.4 Å². The molecule has 1 aliphatic heterocycles. The van der Waals surface area contributed by atoms with E-state index in [1.54, 1.807) is 0 Å². The van der Waals surface area contributed by atoms with Crippen molar-refractivity contribution in [1.29, 1.82) is 0 Å². The van der Waals surface area contributed by atoms with Crippen molar-refractivity contribution >= 4 is 29.9 Å². The third kappa shape index (κ3) is 2.44. The van der Waals surface area contributed by atoms with Gasteiger partial charge in [-0.3, -0.25) is 24.5 Å². The molecular formula is C12H10N2O5. The van der Waals surface area contributed by atoms with Gasteiger partial charge < -0.3 is 10.0 Å². The van der Waals surface area contributed by atoms with Gasteiger partial charge in [0.15, 0.2) is 0 Å². The predicted octanol–water partition coefficient (Wildman–Crippen LogP) is 0.00770. The lowest BCUT2D eigenvalue weighted by molar-refractivity contribution is -0.136. The second kappa shape index (κ2) is 4.89. The highest BCUT2D eigenvalue weighted by molar-refractivity contribution is 6.21. The number of anilines is 1. The third-order valence-corrected chi connectivity index (χ3v) is 2.74. The van der Waals surface area contributed by atoms with Crippen LogP contribution in [0.15, 0.2) is 18.2 Å². The molecule has 0 saturated heterocycles. The van der Waals surface area contributed by atoms with E-state index in [1.165, 1.54) is 23.1 Å². The Hall–Kier alpha value is -2.70. The lowest BCUT2D eigenvalue weighted by atomic mass is 10.1. The summed E-state index contributed by atoms with van der Waals surface area (Å²) in [5, 5.41) is 10.7. The van der Waals surface area contributed by atoms with Crippen molar-refractivity contribution in [2.45, 2.75) is 6.42 Å². The van der Waals surface area contributed by atoms with E-state index in [4.69, 9.17) is 5.11 Å². The number of hydrogen-bond acceptors (Lipinski definition) is 4. The van der Waals surface area contributed by atoms with Crippen LogP contribution in [-0.2, 0) is 9.59 Å². The Kier molecular flexibility index (Phi) is 3.28. The van der Waals surface area contributed by atoms with E-state index in [9.17, 15) is 19.2 Å². The number of carboxylic acids is 1. The number of amides is 3. The van der Waals surface area contributed by atoms with Crippen molar-refractivity contribution in [3.05, 3.63) is 29.3 Å². The molecule has 0 bridgehead atoms. The fourth-order valence-electron chi connectivity index (χ4n) is 1.79. The van der Waals surface area contributed by atoms with Crippen LogP contribution in [0, 0.1) is 0 Å². The monoisotopic (exact) mass is 262 g/mol. The van der Waals surface area contributed by atoms with Crippen molar-refractivity contribution in [2.24, 2.45) is 0 Å². The van der Waals surface area contributed by atoms with E-state index in [-0.39, 0.29) is 24.1 Å². The number of carbonyl (C=O) groups is 4. The highest BCUT2D eigenvalue weighted by Gasteiger charge is 2.27. The quantitative estimate of drug-likeness (QED) is 0.574. The first-order chi connectivity index (χ1) is 9.02. The van der Waals surface area contributed by atoms with Crippen LogP contribution < -0.4 is 10.2 Å². The molecule has 0 fully saturated rings. The average Bonchev–Trinajstić information content (AvgIpc) is 2.65. The lowest BCUT2D eigenvalue weighted by Gasteiger charge is -2.16. The summed E-state index contributed by atoms with van der Waals surface area (Å²) in [5.41, 5.74) is 0.808. The Bertz CT molecular complexity index is 581. The van der Waals surface area contributed by atoms with Gasteiger partial charge in [-0.1, -0.05) is 0 Å². The first-order valence-corrected chi connectivity index (χ1v) is 5.46. The van der Waals surface area contributed by atoms with E-state index in [0.29, 0.717) is 12.1 Å². The smallest absolute Gasteiger partial charge is 0.305 e. The maximum absolute atomic E-state index is 11.5. The number of nitrogens with zero attached hydrogens (tertiary/aromatic N) is 1. The van der Waals surface area contributed by atoms with Crippen LogP contribution in [0.25, 0.3) is 0 Å². The number of carbonyl (C=O) groups excluding carboxylic acids is 3. The summed E-state index contributed by atoms with van der Waals surface area (Å²) in [5.74, 6) is -2.03. The number of carboxylic acid groups (broad SMARTS) is 1. The van der Waals surface area contributed by atoms with Crippen molar-refractivity contribution in [3.8, 4) is 0 Å². The number of benzene rings is 1. The van der Waals surface area contributed by atoms with E-state index >= 15 is 0 Å². The van der Waals surface area contributed by atoms with Crippen molar-refractivity contribution in [3.63, 3.8) is 0 Å². The molecule has 3 amide bonds. The maximum Gasteiger partial charge on any atom is 0.305 e. The normalized spacial score (nSPS) is 12.8. The zero-order valence-corrected chi connectivity index (χ0v) is 9.75. The average molecular weight is 262 g/mol. The highest BCUT2D eigenvalue weighted by Crippen LogP contribution is 2.22. The van der Waals surface area contributed by atoms with Crippen LogP contribution in [0.3, 0.4) is 0 Å². The van der Waals surface area contributed by atoms with Gasteiger partial charge in [0.05, 0.1) is 17.5 Å². The molecule has 2 N–H and O–H groups in total. The number of nitrogens with one attached hydrogen (secondary N) is 1. The molecule has 2 rings (SSSR count). The first kappa shape index (κ1) is 12.7. The summed E-state index contributed by atoms with van der Waals surface area (Å²) in [7, 11) is 0. The van der Waals surface area contributed by atoms with E-state index in [0.717, 1.165) is 0 Å². The van der Waals surface area contributed by atoms with Crippen LogP contribution in [0.2, 0.25) is 0 Å². The van der Waals surface area contributed by atoms with E-state index in [2.05, 4.69) is 5.32 Å². The lowest BCUT2D eigenvalue weighted by Crippen LogP contribution is -2.24. The summed E-state index contributed by atoms with van der Waals surface area (Å²) in [6.07, 6.45) is 0.278. The second-order valence-electron chi connectivity index (χ2n) is 3.96. The van der Waals surface area contributed by atoms with E-state index < -0.39 is 17.8 Å². The van der Waals surface area contributed by atoms with Crippen molar-refractivity contribution in [1.82, 2.24) is 5.32 Å². The van der Waals surface area contributed by atoms with Gasteiger partial charge in [0.25, 0.3) is 11.8 Å². The van der Waals surface area contributed by atoms with Gasteiger partial charge in [-0.2, -0.15) is 0 Å². The fraction of sp³-hybridized carbons (Fsp3) is 0.167. The van der Waals surface area contributed by atoms with Crippen LogP contribution in [0.4, 0.5) is 5.69 Å². The highest BCUT2D eigenvalue weighted by atomic mass is 16.4. The molecule has 1 aromatic carbocycles. The van der Waals surface area contributed by atoms with E-state index in [1.807, 2.05) is 0 Å². The molecule has 1 aliphatic rings. The molecule has 7 nitrogen and oxygen atoms in total. The molecule has 0 aliphatic carbocycles. The summed E-state index contributed by atoms with van der Waals surface area (Å²) < 4.78 is 0. The summed E-state index contributed by atoms with van der Waals surface area (Å²) in [6, 6.07) is 4.32. The molecule has 0 aromatic heterocycles. The van der Waals surface area contributed by atoms with Gasteiger partial charge in [0, 0.05) is 12.2 Å². The largest absolute Gasteiger partial charge is 0.481 e. The van der Waals surface area contributed by atoms with Crippen LogP contribution in [-0.4, -0.2) is 35.8 Å². The number of rotatable bonds is 5. The first-order valence-electron chi connectivity index (χ1n) is 5.46. The Morgan fingerprint density at radius 2 is 1.95 bits per heavy atom. The number of aliphatic carboxylic acids is 1. The summed E-state index contributed by atoms with van der Waals surface area (Å²) in [6.45, 7) is -0.00676. The number of hydrogen-bond donors (Lipinski definition) is 2. The zero-order chi connectivity index (χ0) is 14.0. The minimum absolute atomic E-state index is 0.00676. The molecule has 7 heteroatoms. The minimum atomic E-state index is -1.03. The zero-order valence-electron chi connectivity index (χ0n) is 9.75. The molecule has 1 heterocycles. The fourth-order valence-corrected chi connectivity index (χ4v) is 1.79. The maximum atomic E-state index is 11.5. The molecule has 98 valence electrons. The SMILES string of the molecule is O=CN(CCC(=O)O)c1ccc2c(c1)C(=O)NC2=O. The Labute approximate surface area is 107 Å². The van der Waals surface area contributed by atoms with Crippen LogP contribution in [0.1, 0.15) is 27.1 Å². The topological polar surface area (TPSA) is 104 Å². The predicted molar refractivity (Wildman–Crippen MR) is 63.9 cm³/mol. The molecular weight excluding hydrogens is 252 g/mol. The summed E-state index contributed by atoms with van der Waals surface area (Å²) >= 11 is 0. The van der Waals surface area contributed by atoms with Gasteiger partial charge in [-0.25, -0.2) is 0 Å². The Morgan fingerprint density at radius 1 is 1.26 bits per heavy atom. The molecule has 1 aromatic rings. The third-order valence-electron chi connectivity index (χ3n) is 2.74. The second-order valence-corrected chi connectivity index (χ2v) is 3.96. The minimum Gasteiger partial charge on any atom is -0.481 e. The van der Waals surface area contributed by atoms with Crippen LogP contribution in [0.5, 0.6) is 0 Å². The van der Waals surface area contributed by atoms with Gasteiger partial charge >= 0.3 is 5.97 Å². The number of fused-ring (bicyclic) bond motifs is 1. The van der Waals surface area contributed by atoms with Gasteiger partial charge in [0.1, 0.15) is 0 Å². The van der Waals surface area contributed by atoms with Crippen molar-refractivity contribution < 1.29 is 24.3 Å². The molecule has 0 saturated carbocycles. The molecule has 0 unspecified atom stereocenters. The Balaban J connectivity index is 2.28. The van der Waals surface area contributed by atoms with Gasteiger partial charge in [0.2, 0.25) is 6.41 Å². The molecule has 0 spiro atoms. The molecule has 0 atom stereocenters.